The molecule has 0 saturated carbocycles. The molecule has 0 aliphatic carbocycles. The Bertz CT molecular complexity index is 922. The molecule has 0 fully saturated rings. The van der Waals surface area contributed by atoms with Crippen LogP contribution in [-0.4, -0.2) is 30.1 Å². The number of thiocarbonyl (C=S) groups is 1. The number of nitrogens with one attached hydrogen (secondary N) is 3. The minimum Gasteiger partial charge on any atom is -0.494 e. The number of carbonyl (C=O) groups is 2. The second-order valence-corrected chi connectivity index (χ2v) is 8.41. The summed E-state index contributed by atoms with van der Waals surface area (Å²) in [5.74, 6) is 0.483. The van der Waals surface area contributed by atoms with Crippen molar-refractivity contribution in [2.45, 2.75) is 39.5 Å². The van der Waals surface area contributed by atoms with E-state index in [1.807, 2.05) is 19.1 Å². The number of rotatable bonds is 10. The van der Waals surface area contributed by atoms with Crippen LogP contribution in [0.2, 0.25) is 0 Å². The van der Waals surface area contributed by atoms with Crippen LogP contribution < -0.4 is 25.6 Å². The SMILES string of the molecule is CCCCCCOc1ccc(C(=O)NC(=S)NNC(=O)COc2ccc(Br)cc2C)cc1. The summed E-state index contributed by atoms with van der Waals surface area (Å²) in [7, 11) is 0. The van der Waals surface area contributed by atoms with Gasteiger partial charge in [0.05, 0.1) is 6.61 Å². The van der Waals surface area contributed by atoms with Crippen molar-refractivity contribution in [1.29, 1.82) is 0 Å². The van der Waals surface area contributed by atoms with Gasteiger partial charge in [-0.1, -0.05) is 42.1 Å². The van der Waals surface area contributed by atoms with Gasteiger partial charge in [0.15, 0.2) is 11.7 Å². The van der Waals surface area contributed by atoms with Crippen molar-refractivity contribution in [2.24, 2.45) is 0 Å². The van der Waals surface area contributed by atoms with Gasteiger partial charge in [-0.15, -0.1) is 0 Å². The number of amides is 2. The predicted molar refractivity (Wildman–Crippen MR) is 132 cm³/mol. The molecule has 172 valence electrons. The summed E-state index contributed by atoms with van der Waals surface area (Å²) in [5, 5.41) is 2.48. The standard InChI is InChI=1S/C23H28BrN3O4S/c1-3-4-5-6-13-30-19-10-7-17(8-11-19)22(29)25-23(32)27-26-21(28)15-31-20-12-9-18(24)14-16(20)2/h7-12,14H,3-6,13,15H2,1-2H3,(H,26,28)(H2,25,27,29,32). The van der Waals surface area contributed by atoms with Gasteiger partial charge >= 0.3 is 0 Å². The summed E-state index contributed by atoms with van der Waals surface area (Å²) >= 11 is 8.43. The van der Waals surface area contributed by atoms with E-state index in [1.54, 1.807) is 30.3 Å². The molecule has 0 unspecified atom stereocenters. The molecule has 2 aromatic carbocycles. The minimum atomic E-state index is -0.440. The molecule has 0 radical (unpaired) electrons. The van der Waals surface area contributed by atoms with E-state index in [1.165, 1.54) is 12.8 Å². The van der Waals surface area contributed by atoms with E-state index in [0.717, 1.165) is 22.9 Å². The van der Waals surface area contributed by atoms with Crippen LogP contribution in [0, 0.1) is 6.92 Å². The van der Waals surface area contributed by atoms with Gasteiger partial charge in [0, 0.05) is 10.0 Å². The zero-order valence-corrected chi connectivity index (χ0v) is 20.6. The lowest BCUT2D eigenvalue weighted by Crippen LogP contribution is -2.49. The van der Waals surface area contributed by atoms with Crippen LogP contribution in [0.15, 0.2) is 46.9 Å². The minimum absolute atomic E-state index is 0.0283. The first-order valence-electron chi connectivity index (χ1n) is 10.4. The third kappa shape index (κ3) is 9.23. The first-order chi connectivity index (χ1) is 15.4. The highest BCUT2D eigenvalue weighted by Gasteiger charge is 2.10. The first-order valence-corrected chi connectivity index (χ1v) is 11.6. The lowest BCUT2D eigenvalue weighted by Gasteiger charge is -2.12. The topological polar surface area (TPSA) is 88.7 Å². The highest BCUT2D eigenvalue weighted by atomic mass is 79.9. The van der Waals surface area contributed by atoms with Crippen molar-refractivity contribution in [3.63, 3.8) is 0 Å². The van der Waals surface area contributed by atoms with Gasteiger partial charge in [0.25, 0.3) is 11.8 Å². The molecule has 2 rings (SSSR count). The molecule has 0 aromatic heterocycles. The smallest absolute Gasteiger partial charge is 0.276 e. The highest BCUT2D eigenvalue weighted by molar-refractivity contribution is 9.10. The maximum Gasteiger partial charge on any atom is 0.276 e. The number of hydrogen-bond donors (Lipinski definition) is 3. The molecular formula is C23H28BrN3O4S. The molecule has 32 heavy (non-hydrogen) atoms. The quantitative estimate of drug-likeness (QED) is 0.243. The largest absolute Gasteiger partial charge is 0.494 e. The molecule has 2 amide bonds. The molecule has 3 N–H and O–H groups in total. The van der Waals surface area contributed by atoms with Crippen LogP contribution in [0.4, 0.5) is 0 Å². The van der Waals surface area contributed by atoms with Crippen molar-refractivity contribution >= 4 is 45.1 Å². The summed E-state index contributed by atoms with van der Waals surface area (Å²) in [6.45, 7) is 4.50. The van der Waals surface area contributed by atoms with Crippen LogP contribution in [-0.2, 0) is 4.79 Å². The fourth-order valence-electron chi connectivity index (χ4n) is 2.71. The Hall–Kier alpha value is -2.65. The Labute approximate surface area is 202 Å². The molecule has 0 aliphatic heterocycles. The van der Waals surface area contributed by atoms with E-state index >= 15 is 0 Å². The molecule has 0 bridgehead atoms. The monoisotopic (exact) mass is 521 g/mol. The Morgan fingerprint density at radius 3 is 2.44 bits per heavy atom. The molecular weight excluding hydrogens is 494 g/mol. The van der Waals surface area contributed by atoms with Crippen molar-refractivity contribution in [2.75, 3.05) is 13.2 Å². The molecule has 0 saturated heterocycles. The summed E-state index contributed by atoms with van der Waals surface area (Å²) in [6.07, 6.45) is 4.54. The van der Waals surface area contributed by atoms with Crippen molar-refractivity contribution in [3.8, 4) is 11.5 Å². The molecule has 9 heteroatoms. The molecule has 0 heterocycles. The lowest BCUT2D eigenvalue weighted by atomic mass is 10.2. The maximum absolute atomic E-state index is 12.3. The van der Waals surface area contributed by atoms with Crippen LogP contribution in [0.1, 0.15) is 48.5 Å². The van der Waals surface area contributed by atoms with E-state index in [2.05, 4.69) is 39.0 Å². The fraction of sp³-hybridized carbons (Fsp3) is 0.348. The summed E-state index contributed by atoms with van der Waals surface area (Å²) in [4.78, 5) is 24.2. The van der Waals surface area contributed by atoms with Crippen molar-refractivity contribution in [3.05, 3.63) is 58.1 Å². The number of ether oxygens (including phenoxy) is 2. The van der Waals surface area contributed by atoms with E-state index < -0.39 is 11.8 Å². The van der Waals surface area contributed by atoms with Crippen LogP contribution in [0.3, 0.4) is 0 Å². The molecule has 2 aromatic rings. The van der Waals surface area contributed by atoms with Gasteiger partial charge in [-0.25, -0.2) is 0 Å². The molecule has 0 aliphatic rings. The number of aryl methyl sites for hydroxylation is 1. The van der Waals surface area contributed by atoms with E-state index in [4.69, 9.17) is 21.7 Å². The predicted octanol–water partition coefficient (Wildman–Crippen LogP) is 4.43. The zero-order valence-electron chi connectivity index (χ0n) is 18.2. The average Bonchev–Trinajstić information content (AvgIpc) is 2.77. The van der Waals surface area contributed by atoms with Gasteiger partial charge in [0.1, 0.15) is 11.5 Å². The first kappa shape index (κ1) is 25.6. The number of unbranched alkanes of at least 4 members (excludes halogenated alkanes) is 3. The van der Waals surface area contributed by atoms with Crippen molar-refractivity contribution in [1.82, 2.24) is 16.2 Å². The van der Waals surface area contributed by atoms with E-state index in [0.29, 0.717) is 23.7 Å². The molecule has 0 spiro atoms. The number of halogens is 1. The van der Waals surface area contributed by atoms with Gasteiger partial charge in [0.2, 0.25) is 0 Å². The Balaban J connectivity index is 1.69. The Kier molecular flexibility index (Phi) is 11.0. The third-order valence-electron chi connectivity index (χ3n) is 4.42. The fourth-order valence-corrected chi connectivity index (χ4v) is 3.33. The average molecular weight is 522 g/mol. The Morgan fingerprint density at radius 2 is 1.75 bits per heavy atom. The van der Waals surface area contributed by atoms with Crippen LogP contribution in [0.5, 0.6) is 11.5 Å². The maximum atomic E-state index is 12.3. The highest BCUT2D eigenvalue weighted by Crippen LogP contribution is 2.21. The lowest BCUT2D eigenvalue weighted by molar-refractivity contribution is -0.123. The second kappa shape index (κ2) is 13.7. The number of benzene rings is 2. The number of hydrazine groups is 1. The zero-order chi connectivity index (χ0) is 23.3. The molecule has 0 atom stereocenters. The Morgan fingerprint density at radius 1 is 1.00 bits per heavy atom. The normalized spacial score (nSPS) is 10.2. The third-order valence-corrected chi connectivity index (χ3v) is 5.12. The van der Waals surface area contributed by atoms with Gasteiger partial charge < -0.3 is 9.47 Å². The van der Waals surface area contributed by atoms with Crippen LogP contribution in [0.25, 0.3) is 0 Å². The van der Waals surface area contributed by atoms with E-state index in [9.17, 15) is 9.59 Å². The number of carbonyl (C=O) groups excluding carboxylic acids is 2. The van der Waals surface area contributed by atoms with Crippen molar-refractivity contribution < 1.29 is 19.1 Å². The second-order valence-electron chi connectivity index (χ2n) is 7.09. The summed E-state index contributed by atoms with van der Waals surface area (Å²) < 4.78 is 12.1. The summed E-state index contributed by atoms with van der Waals surface area (Å²) in [5.41, 5.74) is 6.20. The van der Waals surface area contributed by atoms with Gasteiger partial charge in [-0.3, -0.25) is 25.8 Å². The summed E-state index contributed by atoms with van der Waals surface area (Å²) in [6, 6.07) is 12.3. The van der Waals surface area contributed by atoms with Crippen LogP contribution >= 0.6 is 28.1 Å². The van der Waals surface area contributed by atoms with Gasteiger partial charge in [-0.05, 0) is 73.6 Å². The van der Waals surface area contributed by atoms with E-state index in [-0.39, 0.29) is 11.7 Å². The number of hydrogen-bond acceptors (Lipinski definition) is 5. The molecule has 7 nitrogen and oxygen atoms in total. The van der Waals surface area contributed by atoms with Gasteiger partial charge in [-0.2, -0.15) is 0 Å².